The fourth-order valence-corrected chi connectivity index (χ4v) is 12.8. The van der Waals surface area contributed by atoms with E-state index in [1.165, 1.54) is 5.57 Å². The van der Waals surface area contributed by atoms with E-state index in [0.717, 1.165) is 56.9 Å². The molecule has 4 saturated carbocycles. The summed E-state index contributed by atoms with van der Waals surface area (Å²) in [4.78, 5) is 43.2. The van der Waals surface area contributed by atoms with Crippen molar-refractivity contribution in [3.63, 3.8) is 0 Å². The van der Waals surface area contributed by atoms with Crippen molar-refractivity contribution in [2.75, 3.05) is 0 Å². The number of ether oxygens (including phenoxy) is 1. The van der Waals surface area contributed by atoms with Crippen LogP contribution in [0.15, 0.2) is 33.9 Å². The second-order valence-electron chi connectivity index (χ2n) is 19.4. The van der Waals surface area contributed by atoms with E-state index in [0.29, 0.717) is 41.3 Å². The van der Waals surface area contributed by atoms with Crippen molar-refractivity contribution in [2.24, 2.45) is 50.7 Å². The molecule has 0 spiro atoms. The highest BCUT2D eigenvalue weighted by atomic mass is 16.5. The molecule has 0 aliphatic heterocycles. The number of fused-ring (bicyclic) bond motifs is 7. The van der Waals surface area contributed by atoms with Crippen molar-refractivity contribution < 1.29 is 28.6 Å². The van der Waals surface area contributed by atoms with E-state index < -0.39 is 22.8 Å². The molecule has 0 bridgehead atoms. The monoisotopic (exact) mass is 724 g/mol. The molecule has 284 valence electrons. The molecule has 2 aromatic rings. The molecule has 10 heteroatoms. The predicted octanol–water partition coefficient (Wildman–Crippen LogP) is 8.65. The van der Waals surface area contributed by atoms with Crippen molar-refractivity contribution >= 4 is 17.7 Å². The Balaban J connectivity index is 1.20. The maximum atomic E-state index is 14.1. The summed E-state index contributed by atoms with van der Waals surface area (Å²) in [6.45, 7) is 19.5. The molecule has 0 amide bonds. The highest BCUT2D eigenvalue weighted by Gasteiger charge is 2.71. The van der Waals surface area contributed by atoms with Crippen LogP contribution < -0.4 is 0 Å². The van der Waals surface area contributed by atoms with Crippen LogP contribution in [0.25, 0.3) is 11.5 Å². The van der Waals surface area contributed by atoms with Crippen LogP contribution in [0.5, 0.6) is 0 Å². The predicted molar refractivity (Wildman–Crippen MR) is 197 cm³/mol. The lowest BCUT2D eigenvalue weighted by Gasteiger charge is -2.72. The van der Waals surface area contributed by atoms with E-state index in [-0.39, 0.29) is 51.8 Å². The van der Waals surface area contributed by atoms with Gasteiger partial charge >= 0.3 is 11.9 Å². The molecule has 0 unspecified atom stereocenters. The number of hydrogen-bond acceptors (Lipinski definition) is 9. The molecule has 5 aliphatic rings. The van der Waals surface area contributed by atoms with Crippen molar-refractivity contribution in [2.45, 2.75) is 138 Å². The van der Waals surface area contributed by atoms with Crippen LogP contribution in [0.4, 0.5) is 0 Å². The number of aromatic nitrogens is 3. The number of carbonyl (C=O) groups is 3. The fourth-order valence-electron chi connectivity index (χ4n) is 12.8. The number of aliphatic carboxylic acids is 1. The van der Waals surface area contributed by atoms with Crippen LogP contribution in [0.1, 0.15) is 138 Å². The molecular weight excluding hydrogens is 668 g/mol. The summed E-state index contributed by atoms with van der Waals surface area (Å²) >= 11 is 0. The number of hydrogen-bond donors (Lipinski definition) is 1. The Hall–Kier alpha value is -3.87. The third-order valence-electron chi connectivity index (χ3n) is 15.8. The maximum absolute atomic E-state index is 14.1. The number of carboxylic acid groups (broad SMARTS) is 1. The number of pyridine rings is 1. The smallest absolute Gasteiger partial charge is 0.309 e. The summed E-state index contributed by atoms with van der Waals surface area (Å²) in [6.07, 6.45) is 9.11. The molecule has 4 fully saturated rings. The summed E-state index contributed by atoms with van der Waals surface area (Å²) in [7, 11) is 0. The SMILES string of the molecule is CC(C)C1=C2[C@H]3CC[C@@H]4[C@@]5(C)CC[C@H](OC(=O)CC(C)(C)C(=O)O)C(C)(C)[C@@H]5CC[C@@]4(C)[C@]3(C)CC[C@@]2(c2nnc(-c3ccc(C#N)nc3)o2)CC1=O. The van der Waals surface area contributed by atoms with Crippen LogP contribution in [0.3, 0.4) is 0 Å². The van der Waals surface area contributed by atoms with Crippen LogP contribution >= 0.6 is 0 Å². The van der Waals surface area contributed by atoms with E-state index >= 15 is 0 Å². The molecule has 1 N–H and O–H groups in total. The molecule has 0 radical (unpaired) electrons. The van der Waals surface area contributed by atoms with E-state index in [2.05, 4.69) is 63.6 Å². The standard InChI is InChI=1S/C43H56N4O6/c1-24(2)33-28(48)20-43(36-47-46-35(53-36)25-10-11-26(22-44)45-23-25)19-18-41(8)27(34(33)43)12-13-30-40(7)16-15-31(52-32(49)21-38(3,4)37(50)51)39(5,6)29(40)14-17-42(30,41)9/h10-11,23-24,27,29-31H,12-21H2,1-9H3,(H,50,51)/t27-,29+,30-,31+,40+,41-,42-,43-/m1/s1. The van der Waals surface area contributed by atoms with Gasteiger partial charge in [0, 0.05) is 18.0 Å². The first-order valence-corrected chi connectivity index (χ1v) is 19.7. The van der Waals surface area contributed by atoms with Gasteiger partial charge in [0.15, 0.2) is 5.78 Å². The number of esters is 1. The van der Waals surface area contributed by atoms with Gasteiger partial charge in [-0.3, -0.25) is 14.4 Å². The number of Topliss-reactive ketones (excluding diaryl/α,β-unsaturated/α-hetero) is 1. The lowest BCUT2D eigenvalue weighted by Crippen LogP contribution is -2.66. The van der Waals surface area contributed by atoms with Gasteiger partial charge in [0.2, 0.25) is 11.8 Å². The zero-order chi connectivity index (χ0) is 38.5. The van der Waals surface area contributed by atoms with E-state index in [9.17, 15) is 24.8 Å². The van der Waals surface area contributed by atoms with E-state index in [1.807, 2.05) is 6.07 Å². The number of carbonyl (C=O) groups excluding carboxylic acids is 2. The molecule has 5 aliphatic carbocycles. The van der Waals surface area contributed by atoms with Crippen LogP contribution in [-0.4, -0.2) is 44.1 Å². The third kappa shape index (κ3) is 5.37. The topological polar surface area (TPSA) is 156 Å². The highest BCUT2D eigenvalue weighted by Crippen LogP contribution is 2.76. The number of nitriles is 1. The number of allylic oxidation sites excluding steroid dienone is 2. The summed E-state index contributed by atoms with van der Waals surface area (Å²) in [5.74, 6) is 0.723. The number of nitrogens with zero attached hydrogens (tertiary/aromatic N) is 4. The van der Waals surface area contributed by atoms with Gasteiger partial charge in [0.05, 0.1) is 22.8 Å². The van der Waals surface area contributed by atoms with Gasteiger partial charge in [-0.1, -0.05) is 48.5 Å². The van der Waals surface area contributed by atoms with Gasteiger partial charge in [0.25, 0.3) is 0 Å². The summed E-state index contributed by atoms with van der Waals surface area (Å²) in [6, 6.07) is 5.46. The highest BCUT2D eigenvalue weighted by molar-refractivity contribution is 6.01. The van der Waals surface area contributed by atoms with Crippen molar-refractivity contribution in [3.8, 4) is 17.5 Å². The van der Waals surface area contributed by atoms with Gasteiger partial charge in [-0.15, -0.1) is 10.2 Å². The Labute approximate surface area is 313 Å². The zero-order valence-corrected chi connectivity index (χ0v) is 33.0. The van der Waals surface area contributed by atoms with Crippen LogP contribution in [-0.2, 0) is 24.5 Å². The van der Waals surface area contributed by atoms with Crippen molar-refractivity contribution in [1.82, 2.24) is 15.2 Å². The van der Waals surface area contributed by atoms with E-state index in [1.54, 1.807) is 32.2 Å². The first-order chi connectivity index (χ1) is 24.7. The Morgan fingerprint density at radius 1 is 1.00 bits per heavy atom. The molecule has 53 heavy (non-hydrogen) atoms. The number of ketones is 1. The van der Waals surface area contributed by atoms with E-state index in [4.69, 9.17) is 9.15 Å². The van der Waals surface area contributed by atoms with Crippen LogP contribution in [0.2, 0.25) is 0 Å². The van der Waals surface area contributed by atoms with Crippen molar-refractivity contribution in [1.29, 1.82) is 5.26 Å². The van der Waals surface area contributed by atoms with Gasteiger partial charge in [-0.05, 0) is 128 Å². The van der Waals surface area contributed by atoms with Crippen LogP contribution in [0, 0.1) is 62.1 Å². The summed E-state index contributed by atoms with van der Waals surface area (Å²) in [5.41, 5.74) is 1.10. The lowest BCUT2D eigenvalue weighted by molar-refractivity contribution is -0.232. The maximum Gasteiger partial charge on any atom is 0.309 e. The Kier molecular flexibility index (Phi) is 8.71. The first kappa shape index (κ1) is 37.4. The van der Waals surface area contributed by atoms with Gasteiger partial charge in [-0.2, -0.15) is 5.26 Å². The Morgan fingerprint density at radius 2 is 1.74 bits per heavy atom. The summed E-state index contributed by atoms with van der Waals surface area (Å²) in [5, 5.41) is 27.9. The number of carboxylic acids is 1. The fraction of sp³-hybridized carbons (Fsp3) is 0.698. The molecule has 7 rings (SSSR count). The minimum atomic E-state index is -1.17. The summed E-state index contributed by atoms with van der Waals surface area (Å²) < 4.78 is 12.7. The molecule has 8 atom stereocenters. The normalized spacial score (nSPS) is 36.2. The molecule has 0 saturated heterocycles. The minimum Gasteiger partial charge on any atom is -0.481 e. The second kappa shape index (κ2) is 12.3. The zero-order valence-electron chi connectivity index (χ0n) is 33.0. The number of rotatable bonds is 7. The molecule has 2 heterocycles. The third-order valence-corrected chi connectivity index (χ3v) is 15.8. The second-order valence-corrected chi connectivity index (χ2v) is 19.4. The first-order valence-electron chi connectivity index (χ1n) is 19.7. The molecule has 0 aromatic carbocycles. The lowest BCUT2D eigenvalue weighted by atomic mass is 9.33. The molecule has 2 aromatic heterocycles. The van der Waals surface area contributed by atoms with Crippen molar-refractivity contribution in [3.05, 3.63) is 41.1 Å². The molecular formula is C43H56N4O6. The molecule has 10 nitrogen and oxygen atoms in total. The average molecular weight is 725 g/mol. The van der Waals surface area contributed by atoms with Gasteiger partial charge in [0.1, 0.15) is 17.9 Å². The Bertz CT molecular complexity index is 1920. The average Bonchev–Trinajstić information content (AvgIpc) is 3.70. The Morgan fingerprint density at radius 3 is 2.38 bits per heavy atom. The minimum absolute atomic E-state index is 0.0211. The quantitative estimate of drug-likeness (QED) is 0.274. The largest absolute Gasteiger partial charge is 0.481 e. The van der Waals surface area contributed by atoms with Gasteiger partial charge < -0.3 is 14.3 Å². The van der Waals surface area contributed by atoms with Gasteiger partial charge in [-0.25, -0.2) is 4.98 Å².